The van der Waals surface area contributed by atoms with Gasteiger partial charge in [0.05, 0.1) is 0 Å². The Morgan fingerprint density at radius 3 is 2.50 bits per heavy atom. The highest BCUT2D eigenvalue weighted by atomic mass is 28.3. The van der Waals surface area contributed by atoms with Crippen molar-refractivity contribution in [1.29, 1.82) is 0 Å². The standard InChI is InChI=1S/C12H15NO2Si/c1-9-7-10(5-6-16(2,3)4)8-13-11(9)12(14)15/h7-8H,1-4H3,(H,14,15). The predicted molar refractivity (Wildman–Crippen MR) is 66.2 cm³/mol. The number of aromatic carboxylic acids is 1. The molecule has 0 aromatic carbocycles. The Morgan fingerprint density at radius 2 is 2.06 bits per heavy atom. The van der Waals surface area contributed by atoms with Crippen molar-refractivity contribution in [3.8, 4) is 11.5 Å². The van der Waals surface area contributed by atoms with Crippen LogP contribution in [0.2, 0.25) is 19.6 Å². The summed E-state index contributed by atoms with van der Waals surface area (Å²) in [7, 11) is -1.40. The Hall–Kier alpha value is -1.60. The van der Waals surface area contributed by atoms with Crippen LogP contribution in [0.25, 0.3) is 0 Å². The van der Waals surface area contributed by atoms with Crippen LogP contribution in [0.1, 0.15) is 21.6 Å². The van der Waals surface area contributed by atoms with Gasteiger partial charge in [0.15, 0.2) is 5.69 Å². The maximum absolute atomic E-state index is 10.8. The lowest BCUT2D eigenvalue weighted by molar-refractivity contribution is 0.0689. The molecule has 0 atom stereocenters. The number of carboxylic acid groups (broad SMARTS) is 1. The second-order valence-electron chi connectivity index (χ2n) is 4.69. The zero-order chi connectivity index (χ0) is 12.3. The fraction of sp³-hybridized carbons (Fsp3) is 0.333. The lowest BCUT2D eigenvalue weighted by Crippen LogP contribution is -2.16. The minimum Gasteiger partial charge on any atom is -0.477 e. The zero-order valence-corrected chi connectivity index (χ0v) is 11.0. The van der Waals surface area contributed by atoms with E-state index in [1.54, 1.807) is 13.0 Å². The van der Waals surface area contributed by atoms with Crippen LogP contribution in [0.15, 0.2) is 12.3 Å². The lowest BCUT2D eigenvalue weighted by Gasteiger charge is -2.04. The van der Waals surface area contributed by atoms with Crippen LogP contribution in [0, 0.1) is 18.4 Å². The number of aromatic nitrogens is 1. The number of rotatable bonds is 1. The summed E-state index contributed by atoms with van der Waals surface area (Å²) >= 11 is 0. The van der Waals surface area contributed by atoms with E-state index in [0.717, 1.165) is 5.56 Å². The van der Waals surface area contributed by atoms with Crippen LogP contribution in [0.5, 0.6) is 0 Å². The van der Waals surface area contributed by atoms with Gasteiger partial charge in [0.25, 0.3) is 0 Å². The monoisotopic (exact) mass is 233 g/mol. The average Bonchev–Trinajstić information content (AvgIpc) is 2.13. The third-order valence-corrected chi connectivity index (χ3v) is 2.74. The van der Waals surface area contributed by atoms with Crippen LogP contribution >= 0.6 is 0 Å². The van der Waals surface area contributed by atoms with Crippen LogP contribution < -0.4 is 0 Å². The van der Waals surface area contributed by atoms with Gasteiger partial charge in [-0.3, -0.25) is 0 Å². The Morgan fingerprint density at radius 1 is 1.44 bits per heavy atom. The highest BCUT2D eigenvalue weighted by Gasteiger charge is 2.09. The Balaban J connectivity index is 3.06. The molecule has 1 aromatic heterocycles. The summed E-state index contributed by atoms with van der Waals surface area (Å²) in [6.07, 6.45) is 1.52. The normalized spacial score (nSPS) is 10.5. The van der Waals surface area contributed by atoms with Crippen molar-refractivity contribution in [1.82, 2.24) is 4.98 Å². The largest absolute Gasteiger partial charge is 0.477 e. The van der Waals surface area contributed by atoms with Gasteiger partial charge in [0, 0.05) is 11.8 Å². The van der Waals surface area contributed by atoms with E-state index < -0.39 is 14.0 Å². The van der Waals surface area contributed by atoms with Crippen molar-refractivity contribution < 1.29 is 9.90 Å². The van der Waals surface area contributed by atoms with Crippen LogP contribution in [-0.4, -0.2) is 24.1 Å². The van der Waals surface area contributed by atoms with Crippen LogP contribution in [-0.2, 0) is 0 Å². The summed E-state index contributed by atoms with van der Waals surface area (Å²) in [5, 5.41) is 8.82. The van der Waals surface area contributed by atoms with Crippen molar-refractivity contribution in [3.05, 3.63) is 29.1 Å². The number of carboxylic acids is 1. The van der Waals surface area contributed by atoms with E-state index in [9.17, 15) is 4.79 Å². The molecular formula is C12H15NO2Si. The topological polar surface area (TPSA) is 50.2 Å². The molecule has 0 amide bonds. The van der Waals surface area contributed by atoms with Crippen LogP contribution in [0.3, 0.4) is 0 Å². The molecule has 0 aliphatic carbocycles. The second-order valence-corrected chi connectivity index (χ2v) is 9.44. The van der Waals surface area contributed by atoms with Gasteiger partial charge < -0.3 is 5.11 Å². The van der Waals surface area contributed by atoms with Crippen molar-refractivity contribution in [2.24, 2.45) is 0 Å². The van der Waals surface area contributed by atoms with E-state index in [-0.39, 0.29) is 5.69 Å². The van der Waals surface area contributed by atoms with Gasteiger partial charge in [0.2, 0.25) is 0 Å². The molecule has 0 saturated carbocycles. The molecule has 0 bridgehead atoms. The van der Waals surface area contributed by atoms with E-state index >= 15 is 0 Å². The summed E-state index contributed by atoms with van der Waals surface area (Å²) in [4.78, 5) is 14.7. The Labute approximate surface area is 96.5 Å². The fourth-order valence-corrected chi connectivity index (χ4v) is 1.65. The van der Waals surface area contributed by atoms with Crippen molar-refractivity contribution >= 4 is 14.0 Å². The van der Waals surface area contributed by atoms with Gasteiger partial charge in [-0.15, -0.1) is 5.54 Å². The van der Waals surface area contributed by atoms with Crippen molar-refractivity contribution in [2.45, 2.75) is 26.6 Å². The SMILES string of the molecule is Cc1cc(C#C[Si](C)(C)C)cnc1C(=O)O. The van der Waals surface area contributed by atoms with E-state index in [2.05, 4.69) is 36.1 Å². The summed E-state index contributed by atoms with van der Waals surface area (Å²) in [5.41, 5.74) is 4.74. The highest BCUT2D eigenvalue weighted by Crippen LogP contribution is 2.07. The lowest BCUT2D eigenvalue weighted by atomic mass is 10.1. The number of nitrogens with zero attached hydrogens (tertiary/aromatic N) is 1. The van der Waals surface area contributed by atoms with Gasteiger partial charge >= 0.3 is 5.97 Å². The maximum Gasteiger partial charge on any atom is 0.354 e. The highest BCUT2D eigenvalue weighted by molar-refractivity contribution is 6.83. The maximum atomic E-state index is 10.8. The zero-order valence-electron chi connectivity index (χ0n) is 9.96. The molecule has 0 aliphatic rings. The predicted octanol–water partition coefficient (Wildman–Crippen LogP) is 2.32. The first-order valence-electron chi connectivity index (χ1n) is 5.03. The molecule has 0 aliphatic heterocycles. The van der Waals surface area contributed by atoms with Gasteiger partial charge in [-0.05, 0) is 18.6 Å². The molecule has 1 heterocycles. The minimum atomic E-state index is -1.40. The second kappa shape index (κ2) is 4.50. The number of carbonyl (C=O) groups is 1. The Kier molecular flexibility index (Phi) is 3.50. The van der Waals surface area contributed by atoms with Gasteiger partial charge in [-0.2, -0.15) is 0 Å². The first-order valence-corrected chi connectivity index (χ1v) is 8.53. The summed E-state index contributed by atoms with van der Waals surface area (Å²) in [6.45, 7) is 8.21. The number of hydrogen-bond donors (Lipinski definition) is 1. The minimum absolute atomic E-state index is 0.0959. The van der Waals surface area contributed by atoms with E-state index in [1.165, 1.54) is 6.20 Å². The number of aryl methyl sites for hydroxylation is 1. The molecule has 0 radical (unpaired) electrons. The summed E-state index contributed by atoms with van der Waals surface area (Å²) < 4.78 is 0. The number of hydrogen-bond acceptors (Lipinski definition) is 2. The Bertz CT molecular complexity index is 478. The summed E-state index contributed by atoms with van der Waals surface area (Å²) in [5.74, 6) is 2.05. The first kappa shape index (κ1) is 12.5. The quantitative estimate of drug-likeness (QED) is 0.598. The molecule has 16 heavy (non-hydrogen) atoms. The van der Waals surface area contributed by atoms with Crippen LogP contribution in [0.4, 0.5) is 0 Å². The van der Waals surface area contributed by atoms with Gasteiger partial charge in [-0.1, -0.05) is 25.6 Å². The molecule has 0 spiro atoms. The summed E-state index contributed by atoms with van der Waals surface area (Å²) in [6, 6.07) is 1.77. The van der Waals surface area contributed by atoms with Gasteiger partial charge in [-0.25, -0.2) is 9.78 Å². The smallest absolute Gasteiger partial charge is 0.354 e. The molecule has 1 aromatic rings. The van der Waals surface area contributed by atoms with E-state index in [4.69, 9.17) is 5.11 Å². The molecule has 3 nitrogen and oxygen atoms in total. The molecule has 1 N–H and O–H groups in total. The molecule has 0 fully saturated rings. The van der Waals surface area contributed by atoms with Gasteiger partial charge in [0.1, 0.15) is 8.07 Å². The molecule has 1 rings (SSSR count). The molecular weight excluding hydrogens is 218 g/mol. The third kappa shape index (κ3) is 3.52. The number of pyridine rings is 1. The van der Waals surface area contributed by atoms with Crippen molar-refractivity contribution in [3.63, 3.8) is 0 Å². The first-order chi connectivity index (χ1) is 7.29. The van der Waals surface area contributed by atoms with E-state index in [0.29, 0.717) is 5.56 Å². The molecule has 84 valence electrons. The molecule has 0 unspecified atom stereocenters. The van der Waals surface area contributed by atoms with E-state index in [1.807, 2.05) is 0 Å². The third-order valence-electron chi connectivity index (χ3n) is 1.86. The molecule has 0 saturated heterocycles. The van der Waals surface area contributed by atoms with Crippen molar-refractivity contribution in [2.75, 3.05) is 0 Å². The average molecular weight is 233 g/mol. The fourth-order valence-electron chi connectivity index (χ4n) is 1.13. The molecule has 4 heteroatoms.